The molecule has 2 rings (SSSR count). The molecule has 3 nitrogen and oxygen atoms in total. The normalized spacial score (nSPS) is 10.2. The maximum atomic E-state index is 9.34. The number of aromatic nitrogens is 1. The Morgan fingerprint density at radius 3 is 2.67 bits per heavy atom. The van der Waals surface area contributed by atoms with Crippen molar-refractivity contribution in [1.29, 1.82) is 0 Å². The minimum absolute atomic E-state index is 0.237. The predicted molar refractivity (Wildman–Crippen MR) is 63.5 cm³/mol. The Morgan fingerprint density at radius 2 is 2.00 bits per heavy atom. The zero-order valence-electron chi connectivity index (χ0n) is 7.81. The molecule has 0 radical (unpaired) electrons. The van der Waals surface area contributed by atoms with Crippen molar-refractivity contribution in [2.24, 2.45) is 0 Å². The molecule has 0 aliphatic heterocycles. The highest BCUT2D eigenvalue weighted by Gasteiger charge is 2.02. The third-order valence-corrected chi connectivity index (χ3v) is 2.68. The quantitative estimate of drug-likeness (QED) is 0.833. The second-order valence-electron chi connectivity index (χ2n) is 3.14. The van der Waals surface area contributed by atoms with Crippen molar-refractivity contribution in [3.63, 3.8) is 0 Å². The fraction of sp³-hybridized carbons (Fsp3) is 0. The first-order valence-electron chi connectivity index (χ1n) is 4.37. The van der Waals surface area contributed by atoms with E-state index in [9.17, 15) is 5.11 Å². The van der Waals surface area contributed by atoms with Crippen LogP contribution in [0.5, 0.6) is 5.75 Å². The number of nitrogens with zero attached hydrogens (tertiary/aromatic N) is 1. The van der Waals surface area contributed by atoms with Gasteiger partial charge in [0.05, 0.1) is 4.47 Å². The SMILES string of the molecule is Nc1ncc(-c2cccc(O)c2)cc1Br. The number of phenols is 1. The zero-order valence-corrected chi connectivity index (χ0v) is 9.40. The minimum Gasteiger partial charge on any atom is -0.508 e. The van der Waals surface area contributed by atoms with Crippen LogP contribution in [0.3, 0.4) is 0 Å². The van der Waals surface area contributed by atoms with Gasteiger partial charge in [0.15, 0.2) is 0 Å². The molecule has 1 heterocycles. The summed E-state index contributed by atoms with van der Waals surface area (Å²) in [4.78, 5) is 4.03. The van der Waals surface area contributed by atoms with Gasteiger partial charge < -0.3 is 10.8 Å². The first-order valence-corrected chi connectivity index (χ1v) is 5.16. The first kappa shape index (κ1) is 9.98. The average Bonchev–Trinajstić information content (AvgIpc) is 2.22. The highest BCUT2D eigenvalue weighted by Crippen LogP contribution is 2.27. The molecule has 76 valence electrons. The lowest BCUT2D eigenvalue weighted by Gasteiger charge is -2.03. The third-order valence-electron chi connectivity index (χ3n) is 2.05. The molecule has 0 fully saturated rings. The van der Waals surface area contributed by atoms with Crippen LogP contribution in [0.1, 0.15) is 0 Å². The van der Waals surface area contributed by atoms with Crippen molar-refractivity contribution in [3.05, 3.63) is 41.0 Å². The number of aromatic hydroxyl groups is 1. The molecule has 0 atom stereocenters. The number of rotatable bonds is 1. The van der Waals surface area contributed by atoms with Crippen molar-refractivity contribution >= 4 is 21.7 Å². The van der Waals surface area contributed by atoms with E-state index in [0.717, 1.165) is 15.6 Å². The molecule has 0 saturated carbocycles. The topological polar surface area (TPSA) is 59.1 Å². The van der Waals surface area contributed by atoms with Gasteiger partial charge in [-0.05, 0) is 39.7 Å². The number of phenolic OH excluding ortho intramolecular Hbond substituents is 1. The molecule has 1 aromatic carbocycles. The van der Waals surface area contributed by atoms with Crippen LogP contribution < -0.4 is 5.73 Å². The van der Waals surface area contributed by atoms with Crippen molar-refractivity contribution in [1.82, 2.24) is 4.98 Å². The summed E-state index contributed by atoms with van der Waals surface area (Å²) in [7, 11) is 0. The standard InChI is InChI=1S/C11H9BrN2O/c12-10-5-8(6-14-11(10)13)7-2-1-3-9(15)4-7/h1-6,15H,(H2,13,14). The van der Waals surface area contributed by atoms with Gasteiger partial charge in [0.25, 0.3) is 0 Å². The number of hydrogen-bond donors (Lipinski definition) is 2. The Morgan fingerprint density at radius 1 is 1.20 bits per heavy atom. The molecule has 3 N–H and O–H groups in total. The Balaban J connectivity index is 2.50. The van der Waals surface area contributed by atoms with Gasteiger partial charge in [-0.1, -0.05) is 12.1 Å². The molecule has 4 heteroatoms. The number of nitrogens with two attached hydrogens (primary N) is 1. The van der Waals surface area contributed by atoms with Crippen LogP contribution in [0, 0.1) is 0 Å². The summed E-state index contributed by atoms with van der Waals surface area (Å²) in [5.74, 6) is 0.694. The number of hydrogen-bond acceptors (Lipinski definition) is 3. The first-order chi connectivity index (χ1) is 7.16. The molecule has 2 aromatic rings. The van der Waals surface area contributed by atoms with E-state index in [0.29, 0.717) is 5.82 Å². The summed E-state index contributed by atoms with van der Waals surface area (Å²) >= 11 is 3.31. The summed E-state index contributed by atoms with van der Waals surface area (Å²) in [5, 5.41) is 9.34. The lowest BCUT2D eigenvalue weighted by atomic mass is 10.1. The van der Waals surface area contributed by atoms with E-state index in [-0.39, 0.29) is 5.75 Å². The van der Waals surface area contributed by atoms with Crippen molar-refractivity contribution in [2.45, 2.75) is 0 Å². The Hall–Kier alpha value is -1.55. The fourth-order valence-electron chi connectivity index (χ4n) is 1.29. The van der Waals surface area contributed by atoms with Crippen LogP contribution in [-0.2, 0) is 0 Å². The molecule has 0 amide bonds. The van der Waals surface area contributed by atoms with E-state index >= 15 is 0 Å². The van der Waals surface area contributed by atoms with Crippen LogP contribution >= 0.6 is 15.9 Å². The molecule has 0 aliphatic rings. The van der Waals surface area contributed by atoms with E-state index in [1.807, 2.05) is 12.1 Å². The van der Waals surface area contributed by atoms with Crippen LogP contribution in [0.15, 0.2) is 41.0 Å². The Bertz CT molecular complexity index is 500. The summed E-state index contributed by atoms with van der Waals surface area (Å²) in [6.45, 7) is 0. The van der Waals surface area contributed by atoms with Crippen LogP contribution in [0.2, 0.25) is 0 Å². The van der Waals surface area contributed by atoms with Gasteiger partial charge in [0, 0.05) is 11.8 Å². The fourth-order valence-corrected chi connectivity index (χ4v) is 1.64. The second kappa shape index (κ2) is 3.90. The molecule has 1 aromatic heterocycles. The second-order valence-corrected chi connectivity index (χ2v) is 4.00. The molecule has 15 heavy (non-hydrogen) atoms. The molecule has 0 spiro atoms. The summed E-state index contributed by atoms with van der Waals surface area (Å²) in [6, 6.07) is 8.87. The molecule has 0 bridgehead atoms. The Kier molecular flexibility index (Phi) is 2.60. The minimum atomic E-state index is 0.237. The van der Waals surface area contributed by atoms with Crippen molar-refractivity contribution in [3.8, 4) is 16.9 Å². The number of benzene rings is 1. The lowest BCUT2D eigenvalue weighted by molar-refractivity contribution is 0.475. The lowest BCUT2D eigenvalue weighted by Crippen LogP contribution is -1.91. The Labute approximate surface area is 95.7 Å². The number of nitrogen functional groups attached to an aromatic ring is 1. The van der Waals surface area contributed by atoms with Gasteiger partial charge in [-0.25, -0.2) is 4.98 Å². The summed E-state index contributed by atoms with van der Waals surface area (Å²) in [5.41, 5.74) is 7.40. The van der Waals surface area contributed by atoms with Gasteiger partial charge in [-0.15, -0.1) is 0 Å². The monoisotopic (exact) mass is 264 g/mol. The number of halogens is 1. The molecule has 0 unspecified atom stereocenters. The highest BCUT2D eigenvalue weighted by atomic mass is 79.9. The number of pyridine rings is 1. The van der Waals surface area contributed by atoms with E-state index in [1.165, 1.54) is 0 Å². The molecule has 0 aliphatic carbocycles. The van der Waals surface area contributed by atoms with Crippen LogP contribution in [-0.4, -0.2) is 10.1 Å². The maximum Gasteiger partial charge on any atom is 0.137 e. The third kappa shape index (κ3) is 2.10. The average molecular weight is 265 g/mol. The van der Waals surface area contributed by atoms with E-state index in [1.54, 1.807) is 24.4 Å². The number of anilines is 1. The van der Waals surface area contributed by atoms with E-state index < -0.39 is 0 Å². The molecular weight excluding hydrogens is 256 g/mol. The van der Waals surface area contributed by atoms with Gasteiger partial charge >= 0.3 is 0 Å². The molecule has 0 saturated heterocycles. The van der Waals surface area contributed by atoms with E-state index in [2.05, 4.69) is 20.9 Å². The smallest absolute Gasteiger partial charge is 0.137 e. The van der Waals surface area contributed by atoms with E-state index in [4.69, 9.17) is 5.73 Å². The van der Waals surface area contributed by atoms with Crippen LogP contribution in [0.25, 0.3) is 11.1 Å². The highest BCUT2D eigenvalue weighted by molar-refractivity contribution is 9.10. The summed E-state index contributed by atoms with van der Waals surface area (Å²) < 4.78 is 0.753. The van der Waals surface area contributed by atoms with Gasteiger partial charge in [0.1, 0.15) is 11.6 Å². The largest absolute Gasteiger partial charge is 0.508 e. The maximum absolute atomic E-state index is 9.34. The molecular formula is C11H9BrN2O. The van der Waals surface area contributed by atoms with Crippen molar-refractivity contribution < 1.29 is 5.11 Å². The summed E-state index contributed by atoms with van der Waals surface area (Å²) in [6.07, 6.45) is 1.68. The van der Waals surface area contributed by atoms with Gasteiger partial charge in [-0.2, -0.15) is 0 Å². The zero-order chi connectivity index (χ0) is 10.8. The van der Waals surface area contributed by atoms with Crippen LogP contribution in [0.4, 0.5) is 5.82 Å². The predicted octanol–water partition coefficient (Wildman–Crippen LogP) is 2.80. The van der Waals surface area contributed by atoms with Crippen molar-refractivity contribution in [2.75, 3.05) is 5.73 Å². The van der Waals surface area contributed by atoms with Gasteiger partial charge in [-0.3, -0.25) is 0 Å². The van der Waals surface area contributed by atoms with Gasteiger partial charge in [0.2, 0.25) is 0 Å².